The second-order valence-electron chi connectivity index (χ2n) is 4.60. The van der Waals surface area contributed by atoms with Gasteiger partial charge in [-0.15, -0.1) is 11.3 Å². The van der Waals surface area contributed by atoms with E-state index < -0.39 is 0 Å². The summed E-state index contributed by atoms with van der Waals surface area (Å²) in [4.78, 5) is 7.54. The van der Waals surface area contributed by atoms with Crippen molar-refractivity contribution in [1.29, 1.82) is 0 Å². The maximum absolute atomic E-state index is 5.84. The topological polar surface area (TPSA) is 28.2 Å². The average Bonchev–Trinajstić information content (AvgIpc) is 2.85. The van der Waals surface area contributed by atoms with Gasteiger partial charge in [0, 0.05) is 35.5 Å². The number of halogens is 1. The number of thiazole rings is 1. The maximum atomic E-state index is 5.84. The fourth-order valence-electron chi connectivity index (χ4n) is 2.18. The molecule has 0 bridgehead atoms. The van der Waals surface area contributed by atoms with Crippen LogP contribution in [0, 0.1) is 6.92 Å². The first-order chi connectivity index (χ1) is 9.63. The molecule has 2 aromatic rings. The molecule has 108 valence electrons. The highest BCUT2D eigenvalue weighted by molar-refractivity contribution is 7.15. The summed E-state index contributed by atoms with van der Waals surface area (Å²) in [5.41, 5.74) is 3.69. The van der Waals surface area contributed by atoms with E-state index in [9.17, 15) is 0 Å². The largest absolute Gasteiger partial charge is 0.380 e. The number of aryl methyl sites for hydroxylation is 1. The van der Waals surface area contributed by atoms with Crippen LogP contribution in [0.2, 0.25) is 4.47 Å². The molecule has 0 spiro atoms. The number of anilines is 2. The summed E-state index contributed by atoms with van der Waals surface area (Å²) in [7, 11) is 0. The Hall–Kier alpha value is -1.26. The van der Waals surface area contributed by atoms with Crippen LogP contribution in [-0.2, 0) is 6.54 Å². The lowest BCUT2D eigenvalue weighted by molar-refractivity contribution is 0.865. The van der Waals surface area contributed by atoms with E-state index in [-0.39, 0.29) is 0 Å². The molecule has 5 heteroatoms. The Morgan fingerprint density at radius 1 is 1.30 bits per heavy atom. The standard InChI is InChI=1S/C15H20ClN3S/c1-4-19(5-2)12-6-7-14(11(3)8-12)17-9-13-10-18-15(16)20-13/h6-8,10,17H,4-5,9H2,1-3H3. The summed E-state index contributed by atoms with van der Waals surface area (Å²) in [5.74, 6) is 0. The van der Waals surface area contributed by atoms with E-state index in [1.54, 1.807) is 0 Å². The minimum Gasteiger partial charge on any atom is -0.380 e. The van der Waals surface area contributed by atoms with Crippen LogP contribution >= 0.6 is 22.9 Å². The monoisotopic (exact) mass is 309 g/mol. The fraction of sp³-hybridized carbons (Fsp3) is 0.400. The highest BCUT2D eigenvalue weighted by Crippen LogP contribution is 2.24. The van der Waals surface area contributed by atoms with Gasteiger partial charge in [-0.05, 0) is 44.5 Å². The van der Waals surface area contributed by atoms with Crippen LogP contribution in [0.5, 0.6) is 0 Å². The van der Waals surface area contributed by atoms with E-state index in [0.717, 1.165) is 30.2 Å². The Kier molecular flexibility index (Phi) is 5.26. The van der Waals surface area contributed by atoms with E-state index in [1.165, 1.54) is 22.6 Å². The number of hydrogen-bond acceptors (Lipinski definition) is 4. The fourth-order valence-corrected chi connectivity index (χ4v) is 3.10. The molecule has 0 atom stereocenters. The van der Waals surface area contributed by atoms with Gasteiger partial charge in [-0.1, -0.05) is 11.6 Å². The van der Waals surface area contributed by atoms with Crippen LogP contribution in [0.4, 0.5) is 11.4 Å². The third-order valence-corrected chi connectivity index (χ3v) is 4.43. The van der Waals surface area contributed by atoms with Crippen molar-refractivity contribution in [3.05, 3.63) is 39.3 Å². The summed E-state index contributed by atoms with van der Waals surface area (Å²) in [6, 6.07) is 6.54. The molecule has 0 aliphatic carbocycles. The summed E-state index contributed by atoms with van der Waals surface area (Å²) < 4.78 is 0.593. The summed E-state index contributed by atoms with van der Waals surface area (Å²) in [5, 5.41) is 3.44. The van der Waals surface area contributed by atoms with E-state index in [0.29, 0.717) is 4.47 Å². The maximum Gasteiger partial charge on any atom is 0.183 e. The summed E-state index contributed by atoms with van der Waals surface area (Å²) in [6.45, 7) is 9.31. The Balaban J connectivity index is 2.06. The SMILES string of the molecule is CCN(CC)c1ccc(NCc2cnc(Cl)s2)c(C)c1. The second kappa shape index (κ2) is 6.95. The van der Waals surface area contributed by atoms with Gasteiger partial charge in [0.25, 0.3) is 0 Å². The molecule has 1 aromatic carbocycles. The van der Waals surface area contributed by atoms with Gasteiger partial charge in [0.15, 0.2) is 4.47 Å². The van der Waals surface area contributed by atoms with Crippen molar-refractivity contribution in [2.75, 3.05) is 23.3 Å². The van der Waals surface area contributed by atoms with Crippen molar-refractivity contribution in [2.24, 2.45) is 0 Å². The first-order valence-electron chi connectivity index (χ1n) is 6.83. The molecule has 0 aliphatic rings. The Labute approximate surface area is 129 Å². The van der Waals surface area contributed by atoms with Crippen molar-refractivity contribution in [3.8, 4) is 0 Å². The molecular weight excluding hydrogens is 290 g/mol. The minimum atomic E-state index is 0.593. The molecule has 0 saturated carbocycles. The van der Waals surface area contributed by atoms with Crippen LogP contribution in [0.3, 0.4) is 0 Å². The number of nitrogens with one attached hydrogen (secondary N) is 1. The molecular formula is C15H20ClN3S. The lowest BCUT2D eigenvalue weighted by atomic mass is 10.1. The zero-order valence-electron chi connectivity index (χ0n) is 12.1. The molecule has 3 nitrogen and oxygen atoms in total. The van der Waals surface area contributed by atoms with Crippen molar-refractivity contribution in [1.82, 2.24) is 4.98 Å². The highest BCUT2D eigenvalue weighted by atomic mass is 35.5. The smallest absolute Gasteiger partial charge is 0.183 e. The molecule has 0 amide bonds. The summed E-state index contributed by atoms with van der Waals surface area (Å²) >= 11 is 7.35. The number of aromatic nitrogens is 1. The predicted molar refractivity (Wildman–Crippen MR) is 89.2 cm³/mol. The third-order valence-electron chi connectivity index (χ3n) is 3.32. The Morgan fingerprint density at radius 3 is 2.60 bits per heavy atom. The molecule has 0 fully saturated rings. The number of hydrogen-bond donors (Lipinski definition) is 1. The van der Waals surface area contributed by atoms with Crippen LogP contribution in [-0.4, -0.2) is 18.1 Å². The minimum absolute atomic E-state index is 0.593. The normalized spacial score (nSPS) is 10.6. The third kappa shape index (κ3) is 3.64. The van der Waals surface area contributed by atoms with E-state index in [1.807, 2.05) is 6.20 Å². The van der Waals surface area contributed by atoms with Gasteiger partial charge in [-0.3, -0.25) is 0 Å². The summed E-state index contributed by atoms with van der Waals surface area (Å²) in [6.07, 6.45) is 1.82. The molecule has 20 heavy (non-hydrogen) atoms. The van der Waals surface area contributed by atoms with Gasteiger partial charge >= 0.3 is 0 Å². The lowest BCUT2D eigenvalue weighted by Gasteiger charge is -2.22. The van der Waals surface area contributed by atoms with Crippen molar-refractivity contribution < 1.29 is 0 Å². The van der Waals surface area contributed by atoms with E-state index in [2.05, 4.69) is 54.2 Å². The number of rotatable bonds is 6. The van der Waals surface area contributed by atoms with Crippen LogP contribution in [0.25, 0.3) is 0 Å². The highest BCUT2D eigenvalue weighted by Gasteiger charge is 2.05. The van der Waals surface area contributed by atoms with Gasteiger partial charge in [-0.2, -0.15) is 0 Å². The first-order valence-corrected chi connectivity index (χ1v) is 8.03. The van der Waals surface area contributed by atoms with Crippen molar-refractivity contribution in [2.45, 2.75) is 27.3 Å². The molecule has 2 rings (SSSR count). The molecule has 0 unspecified atom stereocenters. The predicted octanol–water partition coefficient (Wildman–Crippen LogP) is 4.56. The van der Waals surface area contributed by atoms with Crippen molar-refractivity contribution >= 4 is 34.3 Å². The van der Waals surface area contributed by atoms with E-state index in [4.69, 9.17) is 11.6 Å². The van der Waals surface area contributed by atoms with Gasteiger partial charge in [0.05, 0.1) is 6.54 Å². The lowest BCUT2D eigenvalue weighted by Crippen LogP contribution is -2.21. The molecule has 1 heterocycles. The molecule has 0 aliphatic heterocycles. The molecule has 1 N–H and O–H groups in total. The second-order valence-corrected chi connectivity index (χ2v) is 6.30. The zero-order valence-corrected chi connectivity index (χ0v) is 13.7. The zero-order chi connectivity index (χ0) is 14.5. The number of benzene rings is 1. The van der Waals surface area contributed by atoms with Crippen LogP contribution in [0.15, 0.2) is 24.4 Å². The molecule has 0 saturated heterocycles. The Morgan fingerprint density at radius 2 is 2.05 bits per heavy atom. The van der Waals surface area contributed by atoms with Gasteiger partial charge < -0.3 is 10.2 Å². The van der Waals surface area contributed by atoms with Gasteiger partial charge in [-0.25, -0.2) is 4.98 Å². The Bertz CT molecular complexity index is 564. The average molecular weight is 310 g/mol. The van der Waals surface area contributed by atoms with Gasteiger partial charge in [0.1, 0.15) is 0 Å². The molecule has 0 radical (unpaired) electrons. The number of nitrogens with zero attached hydrogens (tertiary/aromatic N) is 2. The molecule has 1 aromatic heterocycles. The van der Waals surface area contributed by atoms with Gasteiger partial charge in [0.2, 0.25) is 0 Å². The first kappa shape index (κ1) is 15.1. The van der Waals surface area contributed by atoms with Crippen molar-refractivity contribution in [3.63, 3.8) is 0 Å². The van der Waals surface area contributed by atoms with Crippen LogP contribution < -0.4 is 10.2 Å². The quantitative estimate of drug-likeness (QED) is 0.847. The van der Waals surface area contributed by atoms with E-state index >= 15 is 0 Å². The van der Waals surface area contributed by atoms with Crippen LogP contribution in [0.1, 0.15) is 24.3 Å².